The molecule has 1 heterocycles. The highest BCUT2D eigenvalue weighted by Crippen LogP contribution is 2.35. The van der Waals surface area contributed by atoms with E-state index in [-0.39, 0.29) is 10.6 Å². The van der Waals surface area contributed by atoms with Crippen molar-refractivity contribution in [3.8, 4) is 6.07 Å². The molecule has 0 aliphatic heterocycles. The first-order valence-electron chi connectivity index (χ1n) is 6.93. The van der Waals surface area contributed by atoms with E-state index in [1.54, 1.807) is 0 Å². The molecule has 5 nitrogen and oxygen atoms in total. The highest BCUT2D eigenvalue weighted by molar-refractivity contribution is 7.18. The van der Waals surface area contributed by atoms with E-state index >= 15 is 0 Å². The minimum atomic E-state index is -0.586. The van der Waals surface area contributed by atoms with Crippen molar-refractivity contribution in [2.75, 3.05) is 11.1 Å². The molecule has 0 fully saturated rings. The predicted octanol–water partition coefficient (Wildman–Crippen LogP) is 3.07. The Bertz CT molecular complexity index is 504. The number of amides is 1. The Hall–Kier alpha value is -1.74. The van der Waals surface area contributed by atoms with Gasteiger partial charge in [-0.15, -0.1) is 11.3 Å². The van der Waals surface area contributed by atoms with Crippen LogP contribution < -0.4 is 16.8 Å². The fourth-order valence-corrected chi connectivity index (χ4v) is 3.11. The van der Waals surface area contributed by atoms with E-state index in [1.165, 1.54) is 11.3 Å². The molecule has 0 aromatic carbocycles. The maximum atomic E-state index is 11.3. The van der Waals surface area contributed by atoms with E-state index < -0.39 is 5.91 Å². The summed E-state index contributed by atoms with van der Waals surface area (Å²) in [5.41, 5.74) is 11.6. The van der Waals surface area contributed by atoms with Gasteiger partial charge in [0, 0.05) is 6.04 Å². The predicted molar refractivity (Wildman–Crippen MR) is 83.8 cm³/mol. The molecule has 0 spiro atoms. The van der Waals surface area contributed by atoms with Gasteiger partial charge in [0.15, 0.2) is 0 Å². The number of nitriles is 1. The van der Waals surface area contributed by atoms with Crippen LogP contribution in [0.5, 0.6) is 0 Å². The third-order valence-corrected chi connectivity index (χ3v) is 4.31. The van der Waals surface area contributed by atoms with Crippen molar-refractivity contribution in [2.24, 2.45) is 5.73 Å². The first-order chi connectivity index (χ1) is 9.54. The van der Waals surface area contributed by atoms with E-state index in [4.69, 9.17) is 11.5 Å². The van der Waals surface area contributed by atoms with Crippen LogP contribution in [0.4, 0.5) is 10.7 Å². The molecule has 0 saturated heterocycles. The minimum absolute atomic E-state index is 0.193. The number of nitrogen functional groups attached to an aromatic ring is 1. The Kier molecular flexibility index (Phi) is 6.32. The van der Waals surface area contributed by atoms with Gasteiger partial charge in [-0.25, -0.2) is 0 Å². The molecule has 0 aliphatic rings. The molecule has 20 heavy (non-hydrogen) atoms. The van der Waals surface area contributed by atoms with E-state index in [9.17, 15) is 10.1 Å². The van der Waals surface area contributed by atoms with Crippen molar-refractivity contribution >= 4 is 27.9 Å². The number of primary amides is 1. The second-order valence-electron chi connectivity index (χ2n) is 4.80. The molecule has 110 valence electrons. The van der Waals surface area contributed by atoms with E-state index in [0.717, 1.165) is 32.1 Å². The number of unbranched alkanes of at least 4 members (excludes halogenated alkanes) is 1. The number of anilines is 2. The van der Waals surface area contributed by atoms with Gasteiger partial charge >= 0.3 is 0 Å². The maximum Gasteiger partial charge on any atom is 0.261 e. The van der Waals surface area contributed by atoms with Crippen LogP contribution in [0.25, 0.3) is 0 Å². The first kappa shape index (κ1) is 16.3. The molecule has 1 aromatic heterocycles. The van der Waals surface area contributed by atoms with Gasteiger partial charge in [0.2, 0.25) is 0 Å². The molecule has 0 bridgehead atoms. The van der Waals surface area contributed by atoms with Gasteiger partial charge < -0.3 is 16.8 Å². The molecule has 6 heteroatoms. The van der Waals surface area contributed by atoms with Crippen molar-refractivity contribution in [3.05, 3.63) is 10.4 Å². The number of carbonyl (C=O) groups is 1. The summed E-state index contributed by atoms with van der Waals surface area (Å²) in [6.45, 7) is 4.28. The summed E-state index contributed by atoms with van der Waals surface area (Å²) in [7, 11) is 0. The summed E-state index contributed by atoms with van der Waals surface area (Å²) in [5, 5.41) is 13.2. The van der Waals surface area contributed by atoms with Crippen LogP contribution in [0, 0.1) is 11.3 Å². The molecule has 0 aliphatic carbocycles. The minimum Gasteiger partial charge on any atom is -0.396 e. The van der Waals surface area contributed by atoms with Gasteiger partial charge in [0.05, 0.1) is 5.69 Å². The number of hydrogen-bond donors (Lipinski definition) is 3. The van der Waals surface area contributed by atoms with Crippen LogP contribution in [0.15, 0.2) is 0 Å². The summed E-state index contributed by atoms with van der Waals surface area (Å²) in [4.78, 5) is 11.6. The van der Waals surface area contributed by atoms with Crippen molar-refractivity contribution in [1.82, 2.24) is 0 Å². The summed E-state index contributed by atoms with van der Waals surface area (Å²) < 4.78 is 0. The lowest BCUT2D eigenvalue weighted by Gasteiger charge is -2.18. The second-order valence-corrected chi connectivity index (χ2v) is 5.82. The lowest BCUT2D eigenvalue weighted by molar-refractivity contribution is 0.100. The van der Waals surface area contributed by atoms with Crippen molar-refractivity contribution in [2.45, 2.75) is 52.0 Å². The standard InChI is InChI=1S/C14H22N4OS/c1-3-5-7-9(6-4-2)18-14-10(8-15)11(16)12(20-14)13(17)19/h9,18H,3-7,16H2,1-2H3,(H2,17,19). The van der Waals surface area contributed by atoms with E-state index in [2.05, 4.69) is 25.2 Å². The third-order valence-electron chi connectivity index (χ3n) is 3.16. The Morgan fingerprint density at radius 2 is 2.10 bits per heavy atom. The number of thiophene rings is 1. The van der Waals surface area contributed by atoms with Crippen LogP contribution in [-0.4, -0.2) is 11.9 Å². The van der Waals surface area contributed by atoms with Gasteiger partial charge in [-0.1, -0.05) is 33.1 Å². The number of hydrogen-bond acceptors (Lipinski definition) is 5. The molecule has 1 amide bonds. The average molecular weight is 294 g/mol. The van der Waals surface area contributed by atoms with E-state index in [0.29, 0.717) is 16.6 Å². The van der Waals surface area contributed by atoms with Crippen LogP contribution in [0.1, 0.15) is 61.2 Å². The maximum absolute atomic E-state index is 11.3. The highest BCUT2D eigenvalue weighted by atomic mass is 32.1. The molecule has 0 saturated carbocycles. The fraction of sp³-hybridized carbons (Fsp3) is 0.571. The molecular weight excluding hydrogens is 272 g/mol. The van der Waals surface area contributed by atoms with Crippen molar-refractivity contribution in [3.63, 3.8) is 0 Å². The quantitative estimate of drug-likeness (QED) is 0.685. The van der Waals surface area contributed by atoms with Crippen LogP contribution >= 0.6 is 11.3 Å². The topological polar surface area (TPSA) is 105 Å². The lowest BCUT2D eigenvalue weighted by atomic mass is 10.1. The summed E-state index contributed by atoms with van der Waals surface area (Å²) in [5.74, 6) is -0.586. The zero-order chi connectivity index (χ0) is 15.1. The van der Waals surface area contributed by atoms with Crippen molar-refractivity contribution in [1.29, 1.82) is 5.26 Å². The second kappa shape index (κ2) is 7.75. The molecule has 0 radical (unpaired) electrons. The number of nitrogens with one attached hydrogen (secondary N) is 1. The monoisotopic (exact) mass is 294 g/mol. The summed E-state index contributed by atoms with van der Waals surface area (Å²) in [6, 6.07) is 2.35. The number of nitrogens with zero attached hydrogens (tertiary/aromatic N) is 1. The third kappa shape index (κ3) is 3.87. The van der Waals surface area contributed by atoms with Gasteiger partial charge in [0.25, 0.3) is 5.91 Å². The summed E-state index contributed by atoms with van der Waals surface area (Å²) in [6.07, 6.45) is 5.38. The van der Waals surface area contributed by atoms with Crippen LogP contribution in [-0.2, 0) is 0 Å². The fourth-order valence-electron chi connectivity index (χ4n) is 2.11. The first-order valence-corrected chi connectivity index (χ1v) is 7.75. The van der Waals surface area contributed by atoms with Gasteiger partial charge in [-0.2, -0.15) is 5.26 Å². The smallest absolute Gasteiger partial charge is 0.261 e. The zero-order valence-electron chi connectivity index (χ0n) is 12.0. The van der Waals surface area contributed by atoms with Crippen LogP contribution in [0.3, 0.4) is 0 Å². The van der Waals surface area contributed by atoms with E-state index in [1.807, 2.05) is 0 Å². The Balaban J connectivity index is 2.97. The van der Waals surface area contributed by atoms with Gasteiger partial charge in [-0.05, 0) is 12.8 Å². The SMILES string of the molecule is CCCCC(CCC)Nc1sc(C(N)=O)c(N)c1C#N. The number of nitrogens with two attached hydrogens (primary N) is 2. The van der Waals surface area contributed by atoms with Crippen molar-refractivity contribution < 1.29 is 4.79 Å². The number of carbonyl (C=O) groups excluding carboxylic acids is 1. The molecular formula is C14H22N4OS. The largest absolute Gasteiger partial charge is 0.396 e. The molecule has 1 aromatic rings. The number of rotatable bonds is 8. The summed E-state index contributed by atoms with van der Waals surface area (Å²) >= 11 is 1.17. The normalized spacial score (nSPS) is 11.8. The molecule has 1 rings (SSSR count). The van der Waals surface area contributed by atoms with Gasteiger partial charge in [-0.3, -0.25) is 4.79 Å². The Morgan fingerprint density at radius 1 is 1.40 bits per heavy atom. The van der Waals surface area contributed by atoms with Gasteiger partial charge in [0.1, 0.15) is 21.5 Å². The van der Waals surface area contributed by atoms with Crippen LogP contribution in [0.2, 0.25) is 0 Å². The molecule has 1 atom stereocenters. The molecule has 5 N–H and O–H groups in total. The Labute approximate surface area is 124 Å². The average Bonchev–Trinajstić information content (AvgIpc) is 2.72. The lowest BCUT2D eigenvalue weighted by Crippen LogP contribution is -2.19. The highest BCUT2D eigenvalue weighted by Gasteiger charge is 2.21. The molecule has 1 unspecified atom stereocenters. The zero-order valence-corrected chi connectivity index (χ0v) is 12.8. The Morgan fingerprint density at radius 3 is 2.60 bits per heavy atom.